The summed E-state index contributed by atoms with van der Waals surface area (Å²) in [5, 5.41) is 5.79. The van der Waals surface area contributed by atoms with E-state index < -0.39 is 0 Å². The van der Waals surface area contributed by atoms with Gasteiger partial charge in [0.2, 0.25) is 5.91 Å². The standard InChI is InChI=1S/C15H23N3O3/c1-18(2)15(20)12-6-4-7-13(10-12)17-14(19)11-16-8-5-9-21-3/h4,6-7,10,16H,5,8-9,11H2,1-3H3,(H,17,19). The molecule has 0 radical (unpaired) electrons. The van der Waals surface area contributed by atoms with E-state index in [2.05, 4.69) is 10.6 Å². The van der Waals surface area contributed by atoms with Gasteiger partial charge in [-0.05, 0) is 31.2 Å². The summed E-state index contributed by atoms with van der Waals surface area (Å²) in [7, 11) is 5.03. The van der Waals surface area contributed by atoms with Crippen LogP contribution in [-0.2, 0) is 9.53 Å². The molecule has 0 bridgehead atoms. The van der Waals surface area contributed by atoms with Gasteiger partial charge >= 0.3 is 0 Å². The summed E-state index contributed by atoms with van der Waals surface area (Å²) in [5.41, 5.74) is 1.16. The Morgan fingerprint density at radius 1 is 1.29 bits per heavy atom. The first-order valence-electron chi connectivity index (χ1n) is 6.86. The van der Waals surface area contributed by atoms with Crippen molar-refractivity contribution in [3.8, 4) is 0 Å². The zero-order valence-electron chi connectivity index (χ0n) is 12.8. The fourth-order valence-corrected chi connectivity index (χ4v) is 1.74. The number of nitrogens with one attached hydrogen (secondary N) is 2. The molecule has 116 valence electrons. The van der Waals surface area contributed by atoms with E-state index in [0.29, 0.717) is 17.9 Å². The summed E-state index contributed by atoms with van der Waals surface area (Å²) in [5.74, 6) is -0.231. The SMILES string of the molecule is COCCCNCC(=O)Nc1cccc(C(=O)N(C)C)c1. The molecule has 1 aromatic rings. The summed E-state index contributed by atoms with van der Waals surface area (Å²) in [4.78, 5) is 25.1. The maximum absolute atomic E-state index is 11.8. The first kappa shape index (κ1) is 17.1. The van der Waals surface area contributed by atoms with Gasteiger partial charge in [0, 0.05) is 39.1 Å². The zero-order valence-corrected chi connectivity index (χ0v) is 12.8. The average molecular weight is 293 g/mol. The van der Waals surface area contributed by atoms with Gasteiger partial charge < -0.3 is 20.3 Å². The van der Waals surface area contributed by atoms with Gasteiger partial charge in [-0.15, -0.1) is 0 Å². The van der Waals surface area contributed by atoms with Gasteiger partial charge in [-0.1, -0.05) is 6.07 Å². The number of hydrogen-bond acceptors (Lipinski definition) is 4. The minimum absolute atomic E-state index is 0.0937. The molecule has 1 aromatic carbocycles. The van der Waals surface area contributed by atoms with E-state index in [1.165, 1.54) is 4.90 Å². The Hall–Kier alpha value is -1.92. The fraction of sp³-hybridized carbons (Fsp3) is 0.467. The maximum Gasteiger partial charge on any atom is 0.253 e. The Morgan fingerprint density at radius 3 is 2.71 bits per heavy atom. The van der Waals surface area contributed by atoms with Gasteiger partial charge in [-0.25, -0.2) is 0 Å². The van der Waals surface area contributed by atoms with Crippen LogP contribution in [0.2, 0.25) is 0 Å². The first-order chi connectivity index (χ1) is 10.0. The predicted molar refractivity (Wildman–Crippen MR) is 82.5 cm³/mol. The monoisotopic (exact) mass is 293 g/mol. The molecule has 0 saturated heterocycles. The molecule has 0 aliphatic rings. The van der Waals surface area contributed by atoms with Crippen LogP contribution in [0.1, 0.15) is 16.8 Å². The highest BCUT2D eigenvalue weighted by Gasteiger charge is 2.09. The third-order valence-electron chi connectivity index (χ3n) is 2.79. The molecule has 0 aliphatic carbocycles. The Morgan fingerprint density at radius 2 is 2.05 bits per heavy atom. The molecule has 0 unspecified atom stereocenters. The molecule has 2 N–H and O–H groups in total. The summed E-state index contributed by atoms with van der Waals surface area (Å²) < 4.78 is 4.92. The number of carbonyl (C=O) groups excluding carboxylic acids is 2. The molecule has 1 rings (SSSR count). The van der Waals surface area contributed by atoms with E-state index in [1.54, 1.807) is 45.5 Å². The van der Waals surface area contributed by atoms with Crippen molar-refractivity contribution in [2.24, 2.45) is 0 Å². The lowest BCUT2D eigenvalue weighted by Gasteiger charge is -2.12. The number of carbonyl (C=O) groups is 2. The molecular weight excluding hydrogens is 270 g/mol. The number of benzene rings is 1. The fourth-order valence-electron chi connectivity index (χ4n) is 1.74. The van der Waals surface area contributed by atoms with Crippen LogP contribution in [0.5, 0.6) is 0 Å². The number of nitrogens with zero attached hydrogens (tertiary/aromatic N) is 1. The van der Waals surface area contributed by atoms with Crippen LogP contribution < -0.4 is 10.6 Å². The van der Waals surface area contributed by atoms with Crippen molar-refractivity contribution >= 4 is 17.5 Å². The van der Waals surface area contributed by atoms with Crippen molar-refractivity contribution in [3.63, 3.8) is 0 Å². The normalized spacial score (nSPS) is 10.2. The summed E-state index contributed by atoms with van der Waals surface area (Å²) in [6, 6.07) is 6.90. The van der Waals surface area contributed by atoms with E-state index in [0.717, 1.165) is 13.0 Å². The lowest BCUT2D eigenvalue weighted by molar-refractivity contribution is -0.115. The number of methoxy groups -OCH3 is 1. The van der Waals surface area contributed by atoms with Crippen LogP contribution in [0.25, 0.3) is 0 Å². The minimum Gasteiger partial charge on any atom is -0.385 e. The lowest BCUT2D eigenvalue weighted by Crippen LogP contribution is -2.29. The van der Waals surface area contributed by atoms with Gasteiger partial charge in [0.15, 0.2) is 0 Å². The van der Waals surface area contributed by atoms with Gasteiger partial charge in [0.05, 0.1) is 6.54 Å². The largest absolute Gasteiger partial charge is 0.385 e. The lowest BCUT2D eigenvalue weighted by atomic mass is 10.2. The minimum atomic E-state index is -0.137. The van der Waals surface area contributed by atoms with E-state index in [9.17, 15) is 9.59 Å². The molecule has 21 heavy (non-hydrogen) atoms. The Labute approximate surface area is 125 Å². The summed E-state index contributed by atoms with van der Waals surface area (Å²) in [6.07, 6.45) is 0.858. The Balaban J connectivity index is 2.45. The van der Waals surface area contributed by atoms with Crippen LogP contribution in [-0.4, -0.2) is 57.6 Å². The molecule has 0 heterocycles. The Bertz CT molecular complexity index is 475. The molecule has 0 aliphatic heterocycles. The number of hydrogen-bond donors (Lipinski definition) is 2. The zero-order chi connectivity index (χ0) is 15.7. The molecule has 6 heteroatoms. The number of rotatable bonds is 8. The number of anilines is 1. The highest BCUT2D eigenvalue weighted by atomic mass is 16.5. The van der Waals surface area contributed by atoms with Crippen molar-refractivity contribution < 1.29 is 14.3 Å². The predicted octanol–water partition coefficient (Wildman–Crippen LogP) is 0.953. The second-order valence-corrected chi connectivity index (χ2v) is 4.85. The number of amides is 2. The van der Waals surface area contributed by atoms with Crippen molar-refractivity contribution in [2.45, 2.75) is 6.42 Å². The third-order valence-corrected chi connectivity index (χ3v) is 2.79. The molecule has 0 atom stereocenters. The quantitative estimate of drug-likeness (QED) is 0.700. The van der Waals surface area contributed by atoms with E-state index in [4.69, 9.17) is 4.74 Å². The van der Waals surface area contributed by atoms with Crippen molar-refractivity contribution in [1.29, 1.82) is 0 Å². The second-order valence-electron chi connectivity index (χ2n) is 4.85. The third kappa shape index (κ3) is 6.37. The van der Waals surface area contributed by atoms with Gasteiger partial charge in [0.25, 0.3) is 5.91 Å². The first-order valence-corrected chi connectivity index (χ1v) is 6.86. The van der Waals surface area contributed by atoms with Crippen LogP contribution in [0.4, 0.5) is 5.69 Å². The summed E-state index contributed by atoms with van der Waals surface area (Å²) >= 11 is 0. The number of ether oxygens (including phenoxy) is 1. The van der Waals surface area contributed by atoms with Gasteiger partial charge in [-0.2, -0.15) is 0 Å². The maximum atomic E-state index is 11.8. The highest BCUT2D eigenvalue weighted by molar-refractivity contribution is 5.97. The van der Waals surface area contributed by atoms with E-state index >= 15 is 0 Å². The molecule has 0 fully saturated rings. The molecular formula is C15H23N3O3. The Kier molecular flexibility index (Phi) is 7.42. The van der Waals surface area contributed by atoms with Crippen LogP contribution >= 0.6 is 0 Å². The average Bonchev–Trinajstić information content (AvgIpc) is 2.46. The smallest absolute Gasteiger partial charge is 0.253 e. The van der Waals surface area contributed by atoms with Gasteiger partial charge in [-0.3, -0.25) is 9.59 Å². The molecule has 6 nitrogen and oxygen atoms in total. The van der Waals surface area contributed by atoms with E-state index in [1.807, 2.05) is 0 Å². The van der Waals surface area contributed by atoms with Crippen LogP contribution in [0, 0.1) is 0 Å². The summed E-state index contributed by atoms with van der Waals surface area (Å²) in [6.45, 7) is 1.62. The highest BCUT2D eigenvalue weighted by Crippen LogP contribution is 2.11. The van der Waals surface area contributed by atoms with Crippen molar-refractivity contribution in [2.75, 3.05) is 46.2 Å². The molecule has 0 aromatic heterocycles. The van der Waals surface area contributed by atoms with Crippen LogP contribution in [0.3, 0.4) is 0 Å². The van der Waals surface area contributed by atoms with Gasteiger partial charge in [0.1, 0.15) is 0 Å². The van der Waals surface area contributed by atoms with Crippen molar-refractivity contribution in [1.82, 2.24) is 10.2 Å². The molecule has 0 spiro atoms. The molecule has 2 amide bonds. The molecule has 0 saturated carbocycles. The topological polar surface area (TPSA) is 70.7 Å². The van der Waals surface area contributed by atoms with Crippen LogP contribution in [0.15, 0.2) is 24.3 Å². The van der Waals surface area contributed by atoms with E-state index in [-0.39, 0.29) is 18.4 Å². The second kappa shape index (κ2) is 9.10. The van der Waals surface area contributed by atoms with Crippen molar-refractivity contribution in [3.05, 3.63) is 29.8 Å².